The Morgan fingerprint density at radius 1 is 0.909 bits per heavy atom. The monoisotopic (exact) mass is 290 g/mol. The highest BCUT2D eigenvalue weighted by Crippen LogP contribution is 2.14. The second-order valence-corrected chi connectivity index (χ2v) is 5.18. The van der Waals surface area contributed by atoms with E-state index in [1.807, 2.05) is 18.3 Å². The Hall–Kier alpha value is -2.95. The van der Waals surface area contributed by atoms with Gasteiger partial charge in [0, 0.05) is 31.0 Å². The van der Waals surface area contributed by atoms with Gasteiger partial charge in [0.1, 0.15) is 0 Å². The van der Waals surface area contributed by atoms with Crippen molar-refractivity contribution in [3.8, 4) is 0 Å². The normalized spacial score (nSPS) is 11.3. The summed E-state index contributed by atoms with van der Waals surface area (Å²) in [6.07, 6.45) is 5.26. The van der Waals surface area contributed by atoms with Gasteiger partial charge in [0.25, 0.3) is 5.56 Å². The number of aryl methyl sites for hydroxylation is 2. The average Bonchev–Trinajstić information content (AvgIpc) is 2.98. The maximum absolute atomic E-state index is 12.4. The largest absolute Gasteiger partial charge is 0.346 e. The molecule has 0 atom stereocenters. The van der Waals surface area contributed by atoms with Crippen LogP contribution in [0.1, 0.15) is 0 Å². The lowest BCUT2D eigenvalue weighted by Crippen LogP contribution is -2.23. The van der Waals surface area contributed by atoms with E-state index >= 15 is 0 Å². The SMILES string of the molecule is O=c1c2ncccc2ncn1CCn1ccc2ccccc21. The van der Waals surface area contributed by atoms with Gasteiger partial charge in [0.05, 0.1) is 11.8 Å². The molecule has 0 saturated heterocycles. The van der Waals surface area contributed by atoms with Crippen molar-refractivity contribution >= 4 is 21.9 Å². The van der Waals surface area contributed by atoms with Gasteiger partial charge < -0.3 is 4.57 Å². The van der Waals surface area contributed by atoms with Gasteiger partial charge in [-0.1, -0.05) is 18.2 Å². The molecular weight excluding hydrogens is 276 g/mol. The minimum atomic E-state index is -0.0953. The summed E-state index contributed by atoms with van der Waals surface area (Å²) < 4.78 is 3.76. The molecule has 4 aromatic rings. The quantitative estimate of drug-likeness (QED) is 0.582. The molecule has 0 saturated carbocycles. The van der Waals surface area contributed by atoms with E-state index in [1.165, 1.54) is 10.9 Å². The Morgan fingerprint density at radius 3 is 2.73 bits per heavy atom. The number of aromatic nitrogens is 4. The molecule has 0 N–H and O–H groups in total. The van der Waals surface area contributed by atoms with Gasteiger partial charge in [-0.2, -0.15) is 0 Å². The van der Waals surface area contributed by atoms with Crippen LogP contribution in [-0.2, 0) is 13.1 Å². The third-order valence-corrected chi connectivity index (χ3v) is 3.85. The van der Waals surface area contributed by atoms with E-state index in [1.54, 1.807) is 29.2 Å². The summed E-state index contributed by atoms with van der Waals surface area (Å²) in [7, 11) is 0. The van der Waals surface area contributed by atoms with Crippen molar-refractivity contribution in [2.45, 2.75) is 13.1 Å². The lowest BCUT2D eigenvalue weighted by atomic mass is 10.2. The molecule has 3 aromatic heterocycles. The third kappa shape index (κ3) is 2.07. The Morgan fingerprint density at radius 2 is 1.77 bits per heavy atom. The summed E-state index contributed by atoms with van der Waals surface area (Å²) in [5.74, 6) is 0. The Balaban J connectivity index is 1.67. The van der Waals surface area contributed by atoms with E-state index in [0.29, 0.717) is 24.1 Å². The van der Waals surface area contributed by atoms with Crippen molar-refractivity contribution in [2.24, 2.45) is 0 Å². The van der Waals surface area contributed by atoms with Crippen LogP contribution in [0.25, 0.3) is 21.9 Å². The molecule has 1 aromatic carbocycles. The molecule has 0 aliphatic carbocycles. The molecule has 22 heavy (non-hydrogen) atoms. The molecule has 5 nitrogen and oxygen atoms in total. The summed E-state index contributed by atoms with van der Waals surface area (Å²) in [5, 5.41) is 1.20. The predicted molar refractivity (Wildman–Crippen MR) is 85.7 cm³/mol. The molecule has 0 amide bonds. The van der Waals surface area contributed by atoms with Crippen molar-refractivity contribution in [2.75, 3.05) is 0 Å². The third-order valence-electron chi connectivity index (χ3n) is 3.85. The van der Waals surface area contributed by atoms with E-state index in [2.05, 4.69) is 32.7 Å². The molecule has 0 aliphatic heterocycles. The number of para-hydroxylation sites is 1. The molecule has 0 bridgehead atoms. The smallest absolute Gasteiger partial charge is 0.279 e. The van der Waals surface area contributed by atoms with Gasteiger partial charge in [-0.3, -0.25) is 9.36 Å². The van der Waals surface area contributed by atoms with Gasteiger partial charge in [-0.05, 0) is 29.7 Å². The molecular formula is C17H14N4O. The number of pyridine rings is 1. The summed E-state index contributed by atoms with van der Waals surface area (Å²) in [5.41, 5.74) is 2.13. The zero-order valence-electron chi connectivity index (χ0n) is 11.9. The average molecular weight is 290 g/mol. The first-order chi connectivity index (χ1) is 10.8. The molecule has 0 fully saturated rings. The highest BCUT2D eigenvalue weighted by molar-refractivity contribution is 5.79. The minimum Gasteiger partial charge on any atom is -0.346 e. The predicted octanol–water partition coefficient (Wildman–Crippen LogP) is 2.45. The van der Waals surface area contributed by atoms with Crippen LogP contribution in [0.2, 0.25) is 0 Å². The van der Waals surface area contributed by atoms with Gasteiger partial charge in [-0.25, -0.2) is 9.97 Å². The molecule has 108 valence electrons. The molecule has 0 spiro atoms. The molecule has 0 radical (unpaired) electrons. The van der Waals surface area contributed by atoms with E-state index in [4.69, 9.17) is 0 Å². The molecule has 4 rings (SSSR count). The fourth-order valence-corrected chi connectivity index (χ4v) is 2.70. The number of rotatable bonds is 3. The molecule has 5 heteroatoms. The number of benzene rings is 1. The van der Waals surface area contributed by atoms with Crippen molar-refractivity contribution in [3.05, 3.63) is 71.5 Å². The fraction of sp³-hybridized carbons (Fsp3) is 0.118. The first kappa shape index (κ1) is 12.8. The maximum Gasteiger partial charge on any atom is 0.279 e. The summed E-state index contributed by atoms with van der Waals surface area (Å²) in [6.45, 7) is 1.28. The van der Waals surface area contributed by atoms with Crippen molar-refractivity contribution < 1.29 is 0 Å². The van der Waals surface area contributed by atoms with E-state index in [0.717, 1.165) is 0 Å². The summed E-state index contributed by atoms with van der Waals surface area (Å²) in [4.78, 5) is 20.8. The van der Waals surface area contributed by atoms with E-state index in [-0.39, 0.29) is 5.56 Å². The molecule has 3 heterocycles. The van der Waals surface area contributed by atoms with Gasteiger partial charge in [-0.15, -0.1) is 0 Å². The minimum absolute atomic E-state index is 0.0953. The summed E-state index contributed by atoms with van der Waals surface area (Å²) in [6, 6.07) is 13.9. The van der Waals surface area contributed by atoms with Crippen LogP contribution in [-0.4, -0.2) is 19.1 Å². The van der Waals surface area contributed by atoms with E-state index in [9.17, 15) is 4.79 Å². The number of hydrogen-bond donors (Lipinski definition) is 0. The van der Waals surface area contributed by atoms with Crippen LogP contribution in [0.4, 0.5) is 0 Å². The lowest BCUT2D eigenvalue weighted by molar-refractivity contribution is 0.573. The number of hydrogen-bond acceptors (Lipinski definition) is 3. The zero-order chi connectivity index (χ0) is 14.9. The maximum atomic E-state index is 12.4. The van der Waals surface area contributed by atoms with Crippen LogP contribution >= 0.6 is 0 Å². The highest BCUT2D eigenvalue weighted by atomic mass is 16.1. The van der Waals surface area contributed by atoms with Crippen LogP contribution in [0, 0.1) is 0 Å². The topological polar surface area (TPSA) is 52.7 Å². The highest BCUT2D eigenvalue weighted by Gasteiger charge is 2.05. The first-order valence-corrected chi connectivity index (χ1v) is 7.17. The van der Waals surface area contributed by atoms with Crippen LogP contribution in [0.15, 0.2) is 66.0 Å². The van der Waals surface area contributed by atoms with Gasteiger partial charge >= 0.3 is 0 Å². The van der Waals surface area contributed by atoms with Crippen LogP contribution in [0.5, 0.6) is 0 Å². The lowest BCUT2D eigenvalue weighted by Gasteiger charge is -2.08. The Labute approximate surface area is 126 Å². The van der Waals surface area contributed by atoms with Gasteiger partial charge in [0.15, 0.2) is 5.52 Å². The first-order valence-electron chi connectivity index (χ1n) is 7.17. The zero-order valence-corrected chi connectivity index (χ0v) is 11.9. The Kier molecular flexibility index (Phi) is 2.96. The van der Waals surface area contributed by atoms with Crippen LogP contribution < -0.4 is 5.56 Å². The van der Waals surface area contributed by atoms with E-state index < -0.39 is 0 Å². The van der Waals surface area contributed by atoms with Crippen molar-refractivity contribution in [3.63, 3.8) is 0 Å². The second kappa shape index (κ2) is 5.11. The standard InChI is InChI=1S/C17H14N4O/c22-17-16-14(5-3-8-18-16)19-12-21(17)11-10-20-9-7-13-4-1-2-6-15(13)20/h1-9,12H,10-11H2. The molecule has 0 unspecified atom stereocenters. The van der Waals surface area contributed by atoms with Gasteiger partial charge in [0.2, 0.25) is 0 Å². The molecule has 0 aliphatic rings. The summed E-state index contributed by atoms with van der Waals surface area (Å²) >= 11 is 0. The fourth-order valence-electron chi connectivity index (χ4n) is 2.70. The van der Waals surface area contributed by atoms with Crippen molar-refractivity contribution in [1.29, 1.82) is 0 Å². The Bertz CT molecular complexity index is 1020. The second-order valence-electron chi connectivity index (χ2n) is 5.18. The number of nitrogens with zero attached hydrogens (tertiary/aromatic N) is 4. The van der Waals surface area contributed by atoms with Crippen molar-refractivity contribution in [1.82, 2.24) is 19.1 Å². The van der Waals surface area contributed by atoms with Crippen LogP contribution in [0.3, 0.4) is 0 Å². The number of fused-ring (bicyclic) bond motifs is 2.